The number of ether oxygens (including phenoxy) is 1. The topological polar surface area (TPSA) is 38.5 Å². The number of hydrogen-bond acceptors (Lipinski definition) is 3. The molecule has 1 aliphatic rings. The van der Waals surface area contributed by atoms with Crippen LogP contribution in [-0.2, 0) is 0 Å². The second-order valence-corrected chi connectivity index (χ2v) is 5.55. The normalized spacial score (nSPS) is 18.4. The second kappa shape index (κ2) is 6.40. The molecule has 0 amide bonds. The van der Waals surface area contributed by atoms with Gasteiger partial charge < -0.3 is 10.5 Å². The maximum Gasteiger partial charge on any atom is 0.118 e. The number of methoxy groups -OCH3 is 1. The van der Waals surface area contributed by atoms with E-state index in [9.17, 15) is 0 Å². The SMILES string of the molecule is CCCN(C1CC1)C(c1ccc(OC)cc1)C(C)N. The number of nitrogens with zero attached hydrogens (tertiary/aromatic N) is 1. The maximum absolute atomic E-state index is 6.26. The molecule has 2 rings (SSSR count). The van der Waals surface area contributed by atoms with Crippen molar-refractivity contribution >= 4 is 0 Å². The van der Waals surface area contributed by atoms with Gasteiger partial charge in [-0.15, -0.1) is 0 Å². The van der Waals surface area contributed by atoms with Crippen LogP contribution in [0, 0.1) is 0 Å². The Hall–Kier alpha value is -1.06. The summed E-state index contributed by atoms with van der Waals surface area (Å²) in [6.45, 7) is 5.48. The largest absolute Gasteiger partial charge is 0.497 e. The smallest absolute Gasteiger partial charge is 0.118 e. The molecule has 0 radical (unpaired) electrons. The van der Waals surface area contributed by atoms with Crippen LogP contribution in [0.15, 0.2) is 24.3 Å². The highest BCUT2D eigenvalue weighted by Crippen LogP contribution is 2.36. The summed E-state index contributed by atoms with van der Waals surface area (Å²) in [6.07, 6.45) is 3.81. The van der Waals surface area contributed by atoms with E-state index in [2.05, 4.69) is 30.9 Å². The molecule has 19 heavy (non-hydrogen) atoms. The molecule has 0 bridgehead atoms. The van der Waals surface area contributed by atoms with E-state index in [1.807, 2.05) is 12.1 Å². The first kappa shape index (κ1) is 14.4. The average molecular weight is 262 g/mol. The molecule has 0 heterocycles. The van der Waals surface area contributed by atoms with Gasteiger partial charge in [0.1, 0.15) is 5.75 Å². The molecule has 3 heteroatoms. The van der Waals surface area contributed by atoms with Crippen molar-refractivity contribution in [1.29, 1.82) is 0 Å². The number of benzene rings is 1. The minimum atomic E-state index is 0.139. The van der Waals surface area contributed by atoms with Crippen molar-refractivity contribution in [3.63, 3.8) is 0 Å². The molecule has 0 aliphatic heterocycles. The number of rotatable bonds is 7. The summed E-state index contributed by atoms with van der Waals surface area (Å²) in [7, 11) is 1.70. The molecule has 0 spiro atoms. The highest BCUT2D eigenvalue weighted by molar-refractivity contribution is 5.30. The molecular formula is C16H26N2O. The van der Waals surface area contributed by atoms with Crippen LogP contribution in [0.4, 0.5) is 0 Å². The summed E-state index contributed by atoms with van der Waals surface area (Å²) < 4.78 is 5.23. The van der Waals surface area contributed by atoms with E-state index < -0.39 is 0 Å². The fourth-order valence-electron chi connectivity index (χ4n) is 2.81. The van der Waals surface area contributed by atoms with Crippen molar-refractivity contribution in [2.24, 2.45) is 5.73 Å². The van der Waals surface area contributed by atoms with Crippen LogP contribution in [0.1, 0.15) is 44.7 Å². The zero-order valence-corrected chi connectivity index (χ0v) is 12.3. The molecule has 1 fully saturated rings. The van der Waals surface area contributed by atoms with Crippen molar-refractivity contribution in [3.05, 3.63) is 29.8 Å². The molecule has 0 saturated heterocycles. The lowest BCUT2D eigenvalue weighted by Gasteiger charge is -2.34. The predicted molar refractivity (Wildman–Crippen MR) is 79.4 cm³/mol. The fraction of sp³-hybridized carbons (Fsp3) is 0.625. The molecule has 3 nitrogen and oxygen atoms in total. The first-order chi connectivity index (χ1) is 9.17. The van der Waals surface area contributed by atoms with Crippen LogP contribution in [0.5, 0.6) is 5.75 Å². The molecule has 1 saturated carbocycles. The molecule has 2 atom stereocenters. The van der Waals surface area contributed by atoms with Crippen LogP contribution in [0.2, 0.25) is 0 Å². The van der Waals surface area contributed by atoms with Gasteiger partial charge in [0.05, 0.1) is 7.11 Å². The van der Waals surface area contributed by atoms with Crippen LogP contribution in [0.25, 0.3) is 0 Å². The third kappa shape index (κ3) is 3.48. The lowest BCUT2D eigenvalue weighted by atomic mass is 9.98. The Labute approximate surface area is 116 Å². The average Bonchev–Trinajstić information content (AvgIpc) is 3.23. The van der Waals surface area contributed by atoms with Gasteiger partial charge in [-0.1, -0.05) is 19.1 Å². The molecular weight excluding hydrogens is 236 g/mol. The lowest BCUT2D eigenvalue weighted by Crippen LogP contribution is -2.41. The third-order valence-electron chi connectivity index (χ3n) is 3.81. The Kier molecular flexibility index (Phi) is 4.83. The Bertz CT molecular complexity index is 384. The van der Waals surface area contributed by atoms with E-state index in [4.69, 9.17) is 10.5 Å². The Morgan fingerprint density at radius 1 is 1.32 bits per heavy atom. The van der Waals surface area contributed by atoms with Crippen LogP contribution in [0.3, 0.4) is 0 Å². The molecule has 2 unspecified atom stereocenters. The van der Waals surface area contributed by atoms with Crippen molar-refractivity contribution in [2.45, 2.75) is 51.2 Å². The first-order valence-electron chi connectivity index (χ1n) is 7.32. The fourth-order valence-corrected chi connectivity index (χ4v) is 2.81. The molecule has 106 valence electrons. The highest BCUT2D eigenvalue weighted by Gasteiger charge is 2.35. The van der Waals surface area contributed by atoms with Gasteiger partial charge >= 0.3 is 0 Å². The maximum atomic E-state index is 6.26. The second-order valence-electron chi connectivity index (χ2n) is 5.55. The highest BCUT2D eigenvalue weighted by atomic mass is 16.5. The van der Waals surface area contributed by atoms with Crippen molar-refractivity contribution in [1.82, 2.24) is 4.90 Å². The number of nitrogens with two attached hydrogens (primary N) is 1. The van der Waals surface area contributed by atoms with Gasteiger partial charge in [0.25, 0.3) is 0 Å². The zero-order valence-electron chi connectivity index (χ0n) is 12.3. The predicted octanol–water partition coefficient (Wildman–Crippen LogP) is 2.96. The summed E-state index contributed by atoms with van der Waals surface area (Å²) in [6, 6.07) is 9.55. The summed E-state index contributed by atoms with van der Waals surface area (Å²) in [5.41, 5.74) is 7.57. The van der Waals surface area contributed by atoms with Gasteiger partial charge in [0, 0.05) is 18.1 Å². The molecule has 0 aromatic heterocycles. The van der Waals surface area contributed by atoms with Gasteiger partial charge in [-0.3, -0.25) is 4.90 Å². The van der Waals surface area contributed by atoms with Crippen molar-refractivity contribution in [3.8, 4) is 5.75 Å². The quantitative estimate of drug-likeness (QED) is 0.821. The lowest BCUT2D eigenvalue weighted by molar-refractivity contribution is 0.166. The monoisotopic (exact) mass is 262 g/mol. The van der Waals surface area contributed by atoms with Gasteiger partial charge in [0.2, 0.25) is 0 Å². The third-order valence-corrected chi connectivity index (χ3v) is 3.81. The van der Waals surface area contributed by atoms with Crippen LogP contribution < -0.4 is 10.5 Å². The van der Waals surface area contributed by atoms with E-state index in [0.29, 0.717) is 6.04 Å². The Morgan fingerprint density at radius 2 is 1.95 bits per heavy atom. The van der Waals surface area contributed by atoms with Crippen molar-refractivity contribution < 1.29 is 4.74 Å². The standard InChI is InChI=1S/C16H26N2O/c1-4-11-18(14-7-8-14)16(12(2)17)13-5-9-15(19-3)10-6-13/h5-6,9-10,12,14,16H,4,7-8,11,17H2,1-3H3. The summed E-state index contributed by atoms with van der Waals surface area (Å²) in [5.74, 6) is 0.903. The minimum absolute atomic E-state index is 0.139. The molecule has 2 N–H and O–H groups in total. The number of hydrogen-bond donors (Lipinski definition) is 1. The summed E-state index contributed by atoms with van der Waals surface area (Å²) in [5, 5.41) is 0. The van der Waals surface area contributed by atoms with Gasteiger partial charge in [-0.2, -0.15) is 0 Å². The van der Waals surface area contributed by atoms with E-state index in [1.165, 1.54) is 24.8 Å². The summed E-state index contributed by atoms with van der Waals surface area (Å²) in [4.78, 5) is 2.59. The minimum Gasteiger partial charge on any atom is -0.497 e. The van der Waals surface area contributed by atoms with E-state index in [-0.39, 0.29) is 6.04 Å². The van der Waals surface area contributed by atoms with E-state index in [1.54, 1.807) is 7.11 Å². The van der Waals surface area contributed by atoms with E-state index in [0.717, 1.165) is 18.3 Å². The Balaban J connectivity index is 2.21. The van der Waals surface area contributed by atoms with E-state index >= 15 is 0 Å². The van der Waals surface area contributed by atoms with Crippen molar-refractivity contribution in [2.75, 3.05) is 13.7 Å². The van der Waals surface area contributed by atoms with Gasteiger partial charge in [0.15, 0.2) is 0 Å². The summed E-state index contributed by atoms with van der Waals surface area (Å²) >= 11 is 0. The molecule has 1 aromatic carbocycles. The zero-order chi connectivity index (χ0) is 13.8. The molecule has 1 aliphatic carbocycles. The van der Waals surface area contributed by atoms with Gasteiger partial charge in [-0.25, -0.2) is 0 Å². The Morgan fingerprint density at radius 3 is 2.37 bits per heavy atom. The van der Waals surface area contributed by atoms with Gasteiger partial charge in [-0.05, 0) is 50.4 Å². The first-order valence-corrected chi connectivity index (χ1v) is 7.32. The van der Waals surface area contributed by atoms with Crippen LogP contribution >= 0.6 is 0 Å². The molecule has 1 aromatic rings. The van der Waals surface area contributed by atoms with Crippen LogP contribution in [-0.4, -0.2) is 30.6 Å².